The highest BCUT2D eigenvalue weighted by Gasteiger charge is 2.42. The first-order valence-electron chi connectivity index (χ1n) is 6.06. The van der Waals surface area contributed by atoms with Gasteiger partial charge in [0.2, 0.25) is 0 Å². The summed E-state index contributed by atoms with van der Waals surface area (Å²) in [6.45, 7) is 1.97. The Morgan fingerprint density at radius 1 is 1.47 bits per heavy atom. The van der Waals surface area contributed by atoms with Crippen molar-refractivity contribution in [2.45, 2.75) is 39.0 Å². The molecule has 1 rings (SSSR count). The number of alkyl halides is 2. The van der Waals surface area contributed by atoms with Gasteiger partial charge in [0.15, 0.2) is 0 Å². The van der Waals surface area contributed by atoms with Crippen molar-refractivity contribution in [1.82, 2.24) is 4.90 Å². The third-order valence-corrected chi connectivity index (χ3v) is 3.71. The van der Waals surface area contributed by atoms with Gasteiger partial charge in [-0.3, -0.25) is 9.69 Å². The first kappa shape index (κ1) is 14.4. The van der Waals surface area contributed by atoms with Crippen molar-refractivity contribution in [3.8, 4) is 0 Å². The van der Waals surface area contributed by atoms with E-state index >= 15 is 0 Å². The molecule has 0 saturated heterocycles. The smallest absolute Gasteiger partial charge is 0.310 e. The van der Waals surface area contributed by atoms with Gasteiger partial charge < -0.3 is 5.11 Å². The van der Waals surface area contributed by atoms with E-state index < -0.39 is 17.8 Å². The Balaban J connectivity index is 2.63. The molecule has 0 bridgehead atoms. The van der Waals surface area contributed by atoms with E-state index in [-0.39, 0.29) is 13.1 Å². The summed E-state index contributed by atoms with van der Waals surface area (Å²) < 4.78 is 24.5. The maximum absolute atomic E-state index is 12.2. The average molecular weight is 249 g/mol. The third kappa shape index (κ3) is 3.91. The molecule has 0 heterocycles. The second-order valence-electron chi connectivity index (χ2n) is 5.36. The lowest BCUT2D eigenvalue weighted by Crippen LogP contribution is -2.45. The Kier molecular flexibility index (Phi) is 4.86. The number of hydrogen-bond donors (Lipinski definition) is 1. The van der Waals surface area contributed by atoms with E-state index in [0.717, 1.165) is 12.8 Å². The molecular weight excluding hydrogens is 228 g/mol. The number of halogens is 2. The molecular formula is C12H21F2NO2. The van der Waals surface area contributed by atoms with Crippen molar-refractivity contribution in [3.05, 3.63) is 0 Å². The second kappa shape index (κ2) is 5.76. The number of carbonyl (C=O) groups is 1. The molecule has 0 aromatic rings. The molecule has 1 aliphatic carbocycles. The van der Waals surface area contributed by atoms with Crippen LogP contribution in [0.25, 0.3) is 0 Å². The molecule has 1 N–H and O–H groups in total. The number of carboxylic acids is 1. The lowest BCUT2D eigenvalue weighted by molar-refractivity contribution is -0.153. The quantitative estimate of drug-likeness (QED) is 0.813. The van der Waals surface area contributed by atoms with Crippen LogP contribution in [0.3, 0.4) is 0 Å². The molecule has 1 saturated carbocycles. The van der Waals surface area contributed by atoms with Gasteiger partial charge in [0.1, 0.15) is 0 Å². The molecule has 0 amide bonds. The van der Waals surface area contributed by atoms with Gasteiger partial charge in [-0.05, 0) is 38.6 Å². The molecule has 0 aromatic carbocycles. The van der Waals surface area contributed by atoms with Crippen LogP contribution in [0.2, 0.25) is 0 Å². The lowest BCUT2D eigenvalue weighted by atomic mass is 9.70. The van der Waals surface area contributed by atoms with Gasteiger partial charge in [-0.2, -0.15) is 0 Å². The normalized spacial score (nSPS) is 29.9. The molecule has 0 spiro atoms. The van der Waals surface area contributed by atoms with Crippen molar-refractivity contribution < 1.29 is 18.7 Å². The Labute approximate surface area is 101 Å². The Morgan fingerprint density at radius 3 is 2.41 bits per heavy atom. The largest absolute Gasteiger partial charge is 0.481 e. The minimum absolute atomic E-state index is 0.222. The number of aliphatic carboxylic acids is 1. The van der Waals surface area contributed by atoms with Gasteiger partial charge in [-0.15, -0.1) is 0 Å². The van der Waals surface area contributed by atoms with E-state index in [1.807, 2.05) is 0 Å². The van der Waals surface area contributed by atoms with E-state index in [0.29, 0.717) is 18.8 Å². The maximum atomic E-state index is 12.2. The minimum Gasteiger partial charge on any atom is -0.481 e. The van der Waals surface area contributed by atoms with Gasteiger partial charge in [0.25, 0.3) is 6.43 Å². The van der Waals surface area contributed by atoms with Crippen LogP contribution >= 0.6 is 0 Å². The van der Waals surface area contributed by atoms with Crippen LogP contribution in [-0.2, 0) is 4.79 Å². The van der Waals surface area contributed by atoms with E-state index in [1.165, 1.54) is 4.90 Å². The van der Waals surface area contributed by atoms with Crippen LogP contribution in [0.1, 0.15) is 32.6 Å². The van der Waals surface area contributed by atoms with E-state index in [9.17, 15) is 18.7 Å². The molecule has 3 nitrogen and oxygen atoms in total. The lowest BCUT2D eigenvalue weighted by Gasteiger charge is -2.38. The summed E-state index contributed by atoms with van der Waals surface area (Å²) in [5.41, 5.74) is -0.823. The van der Waals surface area contributed by atoms with Crippen molar-refractivity contribution in [2.24, 2.45) is 11.3 Å². The van der Waals surface area contributed by atoms with Crippen molar-refractivity contribution in [2.75, 3.05) is 20.1 Å². The Hall–Kier alpha value is -0.710. The highest BCUT2D eigenvalue weighted by Crippen LogP contribution is 2.39. The van der Waals surface area contributed by atoms with Crippen molar-refractivity contribution >= 4 is 5.97 Å². The summed E-state index contributed by atoms with van der Waals surface area (Å²) in [6, 6.07) is 0. The predicted octanol–water partition coefficient (Wildman–Crippen LogP) is 2.46. The zero-order chi connectivity index (χ0) is 13.1. The van der Waals surface area contributed by atoms with Gasteiger partial charge in [-0.25, -0.2) is 8.78 Å². The Morgan fingerprint density at radius 2 is 2.00 bits per heavy atom. The fraction of sp³-hybridized carbons (Fsp3) is 0.917. The maximum Gasteiger partial charge on any atom is 0.310 e. The van der Waals surface area contributed by atoms with Gasteiger partial charge in [-0.1, -0.05) is 6.92 Å². The second-order valence-corrected chi connectivity index (χ2v) is 5.36. The fourth-order valence-corrected chi connectivity index (χ4v) is 2.57. The standard InChI is InChI=1S/C12H21F2NO2/c1-9-3-5-12(6-4-9,11(16)17)8-15(2)7-10(13)14/h9-10H,3-8H2,1-2H3,(H,16,17). The SMILES string of the molecule is CC1CCC(CN(C)CC(F)F)(C(=O)O)CC1. The van der Waals surface area contributed by atoms with Crippen LogP contribution < -0.4 is 0 Å². The number of rotatable bonds is 5. The zero-order valence-electron chi connectivity index (χ0n) is 10.5. The number of nitrogens with zero attached hydrogens (tertiary/aromatic N) is 1. The first-order chi connectivity index (χ1) is 7.85. The summed E-state index contributed by atoms with van der Waals surface area (Å²) in [5, 5.41) is 9.34. The van der Waals surface area contributed by atoms with Gasteiger partial charge >= 0.3 is 5.97 Å². The van der Waals surface area contributed by atoms with Crippen LogP contribution in [0.4, 0.5) is 8.78 Å². The summed E-state index contributed by atoms with van der Waals surface area (Å²) in [7, 11) is 1.56. The molecule has 0 unspecified atom stereocenters. The monoisotopic (exact) mass is 249 g/mol. The highest BCUT2D eigenvalue weighted by molar-refractivity contribution is 5.75. The van der Waals surface area contributed by atoms with E-state index in [1.54, 1.807) is 7.05 Å². The van der Waals surface area contributed by atoms with E-state index in [4.69, 9.17) is 0 Å². The van der Waals surface area contributed by atoms with Gasteiger partial charge in [0, 0.05) is 6.54 Å². The first-order valence-corrected chi connectivity index (χ1v) is 6.06. The molecule has 5 heteroatoms. The van der Waals surface area contributed by atoms with Crippen LogP contribution in [-0.4, -0.2) is 42.5 Å². The molecule has 17 heavy (non-hydrogen) atoms. The minimum atomic E-state index is -2.41. The van der Waals surface area contributed by atoms with Crippen LogP contribution in [0.15, 0.2) is 0 Å². The summed E-state index contributed by atoms with van der Waals surface area (Å²) in [4.78, 5) is 12.8. The van der Waals surface area contributed by atoms with Crippen LogP contribution in [0.5, 0.6) is 0 Å². The van der Waals surface area contributed by atoms with Crippen LogP contribution in [0, 0.1) is 11.3 Å². The predicted molar refractivity (Wildman–Crippen MR) is 61.2 cm³/mol. The van der Waals surface area contributed by atoms with E-state index in [2.05, 4.69) is 6.92 Å². The fourth-order valence-electron chi connectivity index (χ4n) is 2.57. The zero-order valence-corrected chi connectivity index (χ0v) is 10.5. The number of carboxylic acid groups (broad SMARTS) is 1. The highest BCUT2D eigenvalue weighted by atomic mass is 19.3. The van der Waals surface area contributed by atoms with Gasteiger partial charge in [0.05, 0.1) is 12.0 Å². The van der Waals surface area contributed by atoms with Crippen molar-refractivity contribution in [1.29, 1.82) is 0 Å². The summed E-state index contributed by atoms with van der Waals surface area (Å²) in [5.74, 6) is -0.298. The average Bonchev–Trinajstić information content (AvgIpc) is 2.20. The molecule has 0 atom stereocenters. The molecule has 100 valence electrons. The summed E-state index contributed by atoms with van der Waals surface area (Å²) >= 11 is 0. The molecule has 0 aliphatic heterocycles. The third-order valence-electron chi connectivity index (χ3n) is 3.71. The molecule has 0 aromatic heterocycles. The van der Waals surface area contributed by atoms with Crippen molar-refractivity contribution in [3.63, 3.8) is 0 Å². The number of hydrogen-bond acceptors (Lipinski definition) is 2. The molecule has 0 radical (unpaired) electrons. The topological polar surface area (TPSA) is 40.5 Å². The Bertz CT molecular complexity index is 263. The molecule has 1 fully saturated rings. The molecule has 1 aliphatic rings. The summed E-state index contributed by atoms with van der Waals surface area (Å²) in [6.07, 6.45) is 0.519.